The van der Waals surface area contributed by atoms with Gasteiger partial charge in [0.2, 0.25) is 0 Å². The third-order valence-electron chi connectivity index (χ3n) is 1.96. The highest BCUT2D eigenvalue weighted by atomic mass is 35.5. The van der Waals surface area contributed by atoms with Crippen molar-refractivity contribution in [3.05, 3.63) is 23.0 Å². The van der Waals surface area contributed by atoms with Gasteiger partial charge in [-0.2, -0.15) is 0 Å². The lowest BCUT2D eigenvalue weighted by Gasteiger charge is -2.11. The van der Waals surface area contributed by atoms with Gasteiger partial charge >= 0.3 is 0 Å². The molecule has 94 valence electrons. The Labute approximate surface area is 104 Å². The molecule has 0 fully saturated rings. The number of aliphatic hydroxyl groups is 1. The van der Waals surface area contributed by atoms with Gasteiger partial charge in [0.05, 0.1) is 30.2 Å². The van der Waals surface area contributed by atoms with E-state index in [2.05, 4.69) is 10.3 Å². The predicted octanol–water partition coefficient (Wildman–Crippen LogP) is 0.0543. The minimum absolute atomic E-state index is 0.0673. The molecule has 6 nitrogen and oxygen atoms in total. The zero-order valence-corrected chi connectivity index (χ0v) is 10.1. The number of rotatable bonds is 5. The summed E-state index contributed by atoms with van der Waals surface area (Å²) in [4.78, 5) is 15.4. The second-order valence-corrected chi connectivity index (χ2v) is 3.78. The normalized spacial score (nSPS) is 12.2. The number of hydrogen-bond donors (Lipinski definition) is 3. The highest BCUT2D eigenvalue weighted by Crippen LogP contribution is 2.15. The molecule has 1 aromatic heterocycles. The van der Waals surface area contributed by atoms with Crippen LogP contribution in [-0.2, 0) is 4.74 Å². The number of halogens is 1. The number of nitrogen functional groups attached to an aromatic ring is 1. The smallest absolute Gasteiger partial charge is 0.254 e. The molecule has 0 bridgehead atoms. The molecule has 1 aromatic rings. The van der Waals surface area contributed by atoms with E-state index < -0.39 is 12.0 Å². The van der Waals surface area contributed by atoms with Crippen LogP contribution in [-0.4, -0.2) is 42.4 Å². The molecule has 0 aliphatic rings. The van der Waals surface area contributed by atoms with Gasteiger partial charge < -0.3 is 20.9 Å². The minimum atomic E-state index is -0.767. The van der Waals surface area contributed by atoms with E-state index in [0.717, 1.165) is 0 Å². The summed E-state index contributed by atoms with van der Waals surface area (Å²) in [7, 11) is 1.46. The van der Waals surface area contributed by atoms with Gasteiger partial charge in [-0.15, -0.1) is 0 Å². The largest absolute Gasteiger partial charge is 0.397 e. The molecule has 4 N–H and O–H groups in total. The van der Waals surface area contributed by atoms with Gasteiger partial charge in [-0.1, -0.05) is 11.6 Å². The van der Waals surface area contributed by atoms with Gasteiger partial charge in [0.15, 0.2) is 0 Å². The lowest BCUT2D eigenvalue weighted by molar-refractivity contribution is 0.0610. The molecule has 0 aromatic carbocycles. The summed E-state index contributed by atoms with van der Waals surface area (Å²) in [5, 5.41) is 11.9. The standard InChI is InChI=1S/C10H14ClN3O3/c1-17-5-7(15)4-14-10(16)8-2-6(12)3-13-9(8)11/h2-3,7,15H,4-5,12H2,1H3,(H,14,16). The Bertz CT molecular complexity index is 400. The molecule has 0 aliphatic carbocycles. The Balaban J connectivity index is 2.61. The summed E-state index contributed by atoms with van der Waals surface area (Å²) in [5.41, 5.74) is 6.02. The Morgan fingerprint density at radius 3 is 3.12 bits per heavy atom. The van der Waals surface area contributed by atoms with Crippen molar-refractivity contribution in [1.29, 1.82) is 0 Å². The van der Waals surface area contributed by atoms with Crippen molar-refractivity contribution in [3.63, 3.8) is 0 Å². The van der Waals surface area contributed by atoms with Crippen LogP contribution in [0.1, 0.15) is 10.4 Å². The first-order chi connectivity index (χ1) is 8.04. The number of aliphatic hydroxyl groups excluding tert-OH is 1. The summed E-state index contributed by atoms with van der Waals surface area (Å²) in [5.74, 6) is -0.440. The average Bonchev–Trinajstić information content (AvgIpc) is 2.29. The second kappa shape index (κ2) is 6.39. The fourth-order valence-electron chi connectivity index (χ4n) is 1.18. The number of ether oxygens (including phenoxy) is 1. The molecule has 1 atom stereocenters. The zero-order chi connectivity index (χ0) is 12.8. The van der Waals surface area contributed by atoms with E-state index in [-0.39, 0.29) is 23.9 Å². The molecule has 0 aliphatic heterocycles. The fourth-order valence-corrected chi connectivity index (χ4v) is 1.37. The molecule has 0 radical (unpaired) electrons. The average molecular weight is 260 g/mol. The van der Waals surface area contributed by atoms with Crippen LogP contribution < -0.4 is 11.1 Å². The van der Waals surface area contributed by atoms with Crippen molar-refractivity contribution in [3.8, 4) is 0 Å². The molecular weight excluding hydrogens is 246 g/mol. The number of hydrogen-bond acceptors (Lipinski definition) is 5. The van der Waals surface area contributed by atoms with Gasteiger partial charge in [-0.05, 0) is 6.07 Å². The maximum absolute atomic E-state index is 11.7. The van der Waals surface area contributed by atoms with Crippen LogP contribution in [0.2, 0.25) is 5.15 Å². The topological polar surface area (TPSA) is 97.5 Å². The van der Waals surface area contributed by atoms with Crippen LogP contribution in [0.15, 0.2) is 12.3 Å². The van der Waals surface area contributed by atoms with E-state index in [4.69, 9.17) is 22.1 Å². The highest BCUT2D eigenvalue weighted by Gasteiger charge is 2.13. The number of nitrogens with zero attached hydrogens (tertiary/aromatic N) is 1. The lowest BCUT2D eigenvalue weighted by Crippen LogP contribution is -2.34. The quantitative estimate of drug-likeness (QED) is 0.650. The van der Waals surface area contributed by atoms with E-state index >= 15 is 0 Å². The number of aromatic nitrogens is 1. The number of methoxy groups -OCH3 is 1. The van der Waals surface area contributed by atoms with Crippen molar-refractivity contribution >= 4 is 23.2 Å². The predicted molar refractivity (Wildman–Crippen MR) is 63.9 cm³/mol. The van der Waals surface area contributed by atoms with Crippen molar-refractivity contribution in [1.82, 2.24) is 10.3 Å². The number of pyridine rings is 1. The van der Waals surface area contributed by atoms with Gasteiger partial charge in [-0.25, -0.2) is 4.98 Å². The number of amides is 1. The lowest BCUT2D eigenvalue weighted by atomic mass is 10.2. The van der Waals surface area contributed by atoms with Crippen LogP contribution >= 0.6 is 11.6 Å². The number of carbonyl (C=O) groups excluding carboxylic acids is 1. The van der Waals surface area contributed by atoms with Gasteiger partial charge in [0, 0.05) is 13.7 Å². The first-order valence-electron chi connectivity index (χ1n) is 4.90. The molecule has 17 heavy (non-hydrogen) atoms. The molecule has 1 heterocycles. The summed E-state index contributed by atoms with van der Waals surface area (Å²) >= 11 is 5.75. The summed E-state index contributed by atoms with van der Waals surface area (Å²) < 4.78 is 4.72. The van der Waals surface area contributed by atoms with E-state index in [1.54, 1.807) is 0 Å². The third kappa shape index (κ3) is 4.18. The van der Waals surface area contributed by atoms with Crippen molar-refractivity contribution in [2.45, 2.75) is 6.10 Å². The van der Waals surface area contributed by atoms with E-state index in [9.17, 15) is 9.90 Å². The van der Waals surface area contributed by atoms with Crippen molar-refractivity contribution < 1.29 is 14.6 Å². The van der Waals surface area contributed by atoms with Gasteiger partial charge in [0.1, 0.15) is 5.15 Å². The molecule has 0 spiro atoms. The number of carbonyl (C=O) groups is 1. The van der Waals surface area contributed by atoms with E-state index in [0.29, 0.717) is 5.69 Å². The Kier molecular flexibility index (Phi) is 5.14. The SMILES string of the molecule is COCC(O)CNC(=O)c1cc(N)cnc1Cl. The Hall–Kier alpha value is -1.37. The van der Waals surface area contributed by atoms with Crippen LogP contribution in [0, 0.1) is 0 Å². The molecule has 7 heteroatoms. The Morgan fingerprint density at radius 2 is 2.47 bits per heavy atom. The fraction of sp³-hybridized carbons (Fsp3) is 0.400. The summed E-state index contributed by atoms with van der Waals surface area (Å²) in [6.07, 6.45) is 0.593. The maximum atomic E-state index is 11.7. The Morgan fingerprint density at radius 1 is 1.76 bits per heavy atom. The second-order valence-electron chi connectivity index (χ2n) is 3.43. The molecular formula is C10H14ClN3O3. The van der Waals surface area contributed by atoms with Gasteiger partial charge in [0.25, 0.3) is 5.91 Å². The van der Waals surface area contributed by atoms with Gasteiger partial charge in [-0.3, -0.25) is 4.79 Å². The summed E-state index contributed by atoms with van der Waals surface area (Å²) in [6.45, 7) is 0.209. The minimum Gasteiger partial charge on any atom is -0.397 e. The molecule has 1 unspecified atom stereocenters. The van der Waals surface area contributed by atoms with Crippen LogP contribution in [0.5, 0.6) is 0 Å². The number of nitrogens with two attached hydrogens (primary N) is 1. The van der Waals surface area contributed by atoms with Crippen molar-refractivity contribution in [2.24, 2.45) is 0 Å². The highest BCUT2D eigenvalue weighted by molar-refractivity contribution is 6.32. The van der Waals surface area contributed by atoms with Crippen LogP contribution in [0.4, 0.5) is 5.69 Å². The van der Waals surface area contributed by atoms with E-state index in [1.807, 2.05) is 0 Å². The number of anilines is 1. The van der Waals surface area contributed by atoms with Crippen LogP contribution in [0.3, 0.4) is 0 Å². The molecule has 1 rings (SSSR count). The first kappa shape index (κ1) is 13.7. The van der Waals surface area contributed by atoms with Crippen molar-refractivity contribution in [2.75, 3.05) is 26.0 Å². The van der Waals surface area contributed by atoms with E-state index in [1.165, 1.54) is 19.4 Å². The number of nitrogens with one attached hydrogen (secondary N) is 1. The monoisotopic (exact) mass is 259 g/mol. The molecule has 0 saturated heterocycles. The molecule has 1 amide bonds. The maximum Gasteiger partial charge on any atom is 0.254 e. The molecule has 0 saturated carbocycles. The first-order valence-corrected chi connectivity index (χ1v) is 5.28. The summed E-state index contributed by atoms with van der Waals surface area (Å²) in [6, 6.07) is 1.42. The van der Waals surface area contributed by atoms with Crippen LogP contribution in [0.25, 0.3) is 0 Å². The zero-order valence-electron chi connectivity index (χ0n) is 9.31. The third-order valence-corrected chi connectivity index (χ3v) is 2.26.